The molecule has 0 aromatic heterocycles. The smallest absolute Gasteiger partial charge is 0.0716 e. The van der Waals surface area contributed by atoms with Crippen LogP contribution in [-0.2, 0) is 21.7 Å². The lowest BCUT2D eigenvalue weighted by atomic mass is 9.63. The zero-order valence-corrected chi connectivity index (χ0v) is 36.8. The van der Waals surface area contributed by atoms with E-state index in [9.17, 15) is 0 Å². The maximum atomic E-state index is 2.53. The Balaban J connectivity index is 1.30. The summed E-state index contributed by atoms with van der Waals surface area (Å²) in [5, 5.41) is 0. The zero-order chi connectivity index (χ0) is 42.3. The second-order valence-corrected chi connectivity index (χ2v) is 19.8. The van der Waals surface area contributed by atoms with Crippen LogP contribution in [0, 0.1) is 0 Å². The number of benzene rings is 8. The first-order chi connectivity index (χ1) is 29.3. The van der Waals surface area contributed by atoms with E-state index >= 15 is 0 Å². The Bertz CT molecular complexity index is 2880. The van der Waals surface area contributed by atoms with Crippen LogP contribution in [0.25, 0.3) is 33.4 Å². The first-order valence-electron chi connectivity index (χ1n) is 21.9. The molecule has 0 bridgehead atoms. The monoisotopic (exact) mass is 789 g/mol. The van der Waals surface area contributed by atoms with E-state index in [4.69, 9.17) is 0 Å². The molecule has 0 heterocycles. The molecule has 0 spiro atoms. The van der Waals surface area contributed by atoms with E-state index in [1.165, 1.54) is 83.6 Å². The highest BCUT2D eigenvalue weighted by Crippen LogP contribution is 2.61. The second kappa shape index (κ2) is 14.1. The number of anilines is 3. The summed E-state index contributed by atoms with van der Waals surface area (Å²) in [7, 11) is 0. The first-order valence-corrected chi connectivity index (χ1v) is 21.9. The summed E-state index contributed by atoms with van der Waals surface area (Å²) >= 11 is 0. The van der Waals surface area contributed by atoms with Crippen LogP contribution < -0.4 is 4.90 Å². The largest absolute Gasteiger partial charge is 0.310 e. The molecule has 0 saturated carbocycles. The molecule has 0 saturated heterocycles. The van der Waals surface area contributed by atoms with Gasteiger partial charge in [-0.2, -0.15) is 0 Å². The zero-order valence-electron chi connectivity index (χ0n) is 36.8. The molecule has 0 atom stereocenters. The van der Waals surface area contributed by atoms with Crippen molar-refractivity contribution in [1.82, 2.24) is 0 Å². The van der Waals surface area contributed by atoms with Crippen molar-refractivity contribution in [2.24, 2.45) is 0 Å². The third-order valence-corrected chi connectivity index (χ3v) is 13.6. The van der Waals surface area contributed by atoms with Crippen LogP contribution in [0.15, 0.2) is 188 Å². The van der Waals surface area contributed by atoms with Gasteiger partial charge >= 0.3 is 0 Å². The van der Waals surface area contributed by atoms with Gasteiger partial charge in [-0.1, -0.05) is 213 Å². The SMILES string of the molecule is CC(C)(C)c1cc2c(c(C(C)(C)C)c1)C(c1ccccc1)(c1ccccc1)c1ccc(N(c3ccc(-c4ccccc4)cc3)c3cccc4c3-c3ccccc3C4(C)C)cc1-2. The Labute approximate surface area is 363 Å². The summed E-state index contributed by atoms with van der Waals surface area (Å²) in [5.41, 5.74) is 21.1. The molecule has 1 nitrogen and oxygen atoms in total. The third-order valence-electron chi connectivity index (χ3n) is 13.6. The van der Waals surface area contributed by atoms with Crippen LogP contribution in [0.5, 0.6) is 0 Å². The van der Waals surface area contributed by atoms with Gasteiger partial charge in [-0.3, -0.25) is 0 Å². The average molecular weight is 790 g/mol. The van der Waals surface area contributed by atoms with Gasteiger partial charge in [0.05, 0.1) is 11.1 Å². The molecule has 61 heavy (non-hydrogen) atoms. The summed E-state index contributed by atoms with van der Waals surface area (Å²) < 4.78 is 0. The minimum atomic E-state index is -0.524. The molecule has 0 radical (unpaired) electrons. The molecular formula is C60H55N. The molecule has 8 aromatic carbocycles. The first kappa shape index (κ1) is 38.7. The number of hydrogen-bond acceptors (Lipinski definition) is 1. The van der Waals surface area contributed by atoms with Crippen molar-refractivity contribution in [2.45, 2.75) is 77.0 Å². The van der Waals surface area contributed by atoms with Crippen LogP contribution in [0.4, 0.5) is 17.1 Å². The molecule has 2 aliphatic carbocycles. The van der Waals surface area contributed by atoms with Gasteiger partial charge in [-0.05, 0) is 113 Å². The minimum Gasteiger partial charge on any atom is -0.310 e. The van der Waals surface area contributed by atoms with E-state index in [1.807, 2.05) is 0 Å². The molecule has 8 aromatic rings. The van der Waals surface area contributed by atoms with Crippen molar-refractivity contribution in [3.05, 3.63) is 233 Å². The van der Waals surface area contributed by atoms with Gasteiger partial charge in [-0.25, -0.2) is 0 Å². The quantitative estimate of drug-likeness (QED) is 0.162. The molecule has 10 rings (SSSR count). The van der Waals surface area contributed by atoms with Gasteiger partial charge in [0.1, 0.15) is 0 Å². The summed E-state index contributed by atoms with van der Waals surface area (Å²) in [6, 6.07) is 70.7. The lowest BCUT2D eigenvalue weighted by molar-refractivity contribution is 0.557. The summed E-state index contributed by atoms with van der Waals surface area (Å²) in [6.07, 6.45) is 0. The maximum absolute atomic E-state index is 2.53. The lowest BCUT2D eigenvalue weighted by Gasteiger charge is -2.38. The average Bonchev–Trinajstić information content (AvgIpc) is 3.70. The van der Waals surface area contributed by atoms with E-state index in [-0.39, 0.29) is 16.2 Å². The van der Waals surface area contributed by atoms with E-state index in [1.54, 1.807) is 0 Å². The topological polar surface area (TPSA) is 3.24 Å². The third kappa shape index (κ3) is 6.04. The fraction of sp³-hybridized carbons (Fsp3) is 0.200. The van der Waals surface area contributed by atoms with E-state index in [0.29, 0.717) is 0 Å². The van der Waals surface area contributed by atoms with E-state index < -0.39 is 5.41 Å². The van der Waals surface area contributed by atoms with Gasteiger partial charge in [0, 0.05) is 22.4 Å². The predicted octanol–water partition coefficient (Wildman–Crippen LogP) is 16.1. The number of nitrogens with zero attached hydrogens (tertiary/aromatic N) is 1. The van der Waals surface area contributed by atoms with Crippen molar-refractivity contribution >= 4 is 17.1 Å². The molecule has 2 aliphatic rings. The standard InChI is InChI=1S/C60H55N/c1-57(2,3)44-37-49-48-39-46(35-36-51(48)60(42-23-14-10-15-24-42,43-25-16-11-17-26-43)56(49)53(38-44)58(4,5)6)61(45-33-31-41(32-34-45)40-21-12-9-13-22-40)54-30-20-29-52-55(54)47-27-18-19-28-50(47)59(52,7)8/h9-39H,1-8H3. The van der Waals surface area contributed by atoms with E-state index in [0.717, 1.165) is 11.4 Å². The molecule has 0 amide bonds. The molecule has 300 valence electrons. The highest BCUT2D eigenvalue weighted by Gasteiger charge is 2.49. The fourth-order valence-corrected chi connectivity index (χ4v) is 10.6. The molecular weight excluding hydrogens is 735 g/mol. The Morgan fingerprint density at radius 1 is 0.410 bits per heavy atom. The van der Waals surface area contributed by atoms with Gasteiger partial charge in [0.25, 0.3) is 0 Å². The van der Waals surface area contributed by atoms with Crippen molar-refractivity contribution in [1.29, 1.82) is 0 Å². The number of fused-ring (bicyclic) bond motifs is 6. The second-order valence-electron chi connectivity index (χ2n) is 19.8. The predicted molar refractivity (Wildman–Crippen MR) is 259 cm³/mol. The van der Waals surface area contributed by atoms with Gasteiger partial charge in [0.2, 0.25) is 0 Å². The van der Waals surface area contributed by atoms with Gasteiger partial charge < -0.3 is 4.90 Å². The Morgan fingerprint density at radius 2 is 0.967 bits per heavy atom. The highest BCUT2D eigenvalue weighted by molar-refractivity contribution is 5.97. The fourth-order valence-electron chi connectivity index (χ4n) is 10.6. The van der Waals surface area contributed by atoms with Crippen molar-refractivity contribution in [3.8, 4) is 33.4 Å². The molecule has 0 unspecified atom stereocenters. The summed E-state index contributed by atoms with van der Waals surface area (Å²) in [6.45, 7) is 19.0. The van der Waals surface area contributed by atoms with Crippen molar-refractivity contribution in [3.63, 3.8) is 0 Å². The Hall–Kier alpha value is -6.44. The van der Waals surface area contributed by atoms with Crippen LogP contribution in [0.3, 0.4) is 0 Å². The van der Waals surface area contributed by atoms with Gasteiger partial charge in [0.15, 0.2) is 0 Å². The van der Waals surface area contributed by atoms with Gasteiger partial charge in [-0.15, -0.1) is 0 Å². The number of rotatable bonds is 6. The molecule has 0 N–H and O–H groups in total. The van der Waals surface area contributed by atoms with Crippen LogP contribution in [-0.4, -0.2) is 0 Å². The van der Waals surface area contributed by atoms with Crippen LogP contribution in [0.1, 0.15) is 99.9 Å². The Morgan fingerprint density at radius 3 is 1.59 bits per heavy atom. The number of hydrogen-bond donors (Lipinski definition) is 0. The van der Waals surface area contributed by atoms with Crippen molar-refractivity contribution in [2.75, 3.05) is 4.90 Å². The summed E-state index contributed by atoms with van der Waals surface area (Å²) in [4.78, 5) is 2.52. The van der Waals surface area contributed by atoms with Crippen LogP contribution >= 0.6 is 0 Å². The maximum Gasteiger partial charge on any atom is 0.0716 e. The molecule has 0 aliphatic heterocycles. The van der Waals surface area contributed by atoms with E-state index in [2.05, 4.69) is 248 Å². The molecule has 1 heteroatoms. The van der Waals surface area contributed by atoms with Crippen molar-refractivity contribution < 1.29 is 0 Å². The highest BCUT2D eigenvalue weighted by atomic mass is 15.1. The Kier molecular flexibility index (Phi) is 8.93. The van der Waals surface area contributed by atoms with Crippen LogP contribution in [0.2, 0.25) is 0 Å². The molecule has 0 fully saturated rings. The minimum absolute atomic E-state index is 0.0468. The lowest BCUT2D eigenvalue weighted by Crippen LogP contribution is -2.32. The summed E-state index contributed by atoms with van der Waals surface area (Å²) in [5.74, 6) is 0. The normalized spacial score (nSPS) is 14.5.